The average Bonchev–Trinajstić information content (AvgIpc) is 3.66. The van der Waals surface area contributed by atoms with Crippen LogP contribution in [0.3, 0.4) is 0 Å². The van der Waals surface area contributed by atoms with Crippen LogP contribution >= 0.6 is 0 Å². The second kappa shape index (κ2) is 15.3. The van der Waals surface area contributed by atoms with Crippen molar-refractivity contribution in [1.29, 1.82) is 0 Å². The van der Waals surface area contributed by atoms with Gasteiger partial charge < -0.3 is 24.8 Å². The summed E-state index contributed by atoms with van der Waals surface area (Å²) in [5, 5.41) is 6.25. The highest BCUT2D eigenvalue weighted by molar-refractivity contribution is 5.74. The van der Waals surface area contributed by atoms with Gasteiger partial charge in [-0.05, 0) is 84.5 Å². The van der Waals surface area contributed by atoms with Crippen LogP contribution in [0.5, 0.6) is 17.2 Å². The number of methoxy groups -OCH3 is 1. The zero-order valence-electron chi connectivity index (χ0n) is 27.6. The van der Waals surface area contributed by atoms with E-state index in [1.54, 1.807) is 7.11 Å². The third-order valence-electron chi connectivity index (χ3n) is 9.16. The lowest BCUT2D eigenvalue weighted by Gasteiger charge is -2.20. The predicted octanol–water partition coefficient (Wildman–Crippen LogP) is 6.38. The van der Waals surface area contributed by atoms with E-state index in [4.69, 9.17) is 14.2 Å². The molecule has 3 aromatic carbocycles. The standard InChI is InChI=1S/C37H47F2N3O4/c1-25-28(23-46-36-21-35(44-4)33(31-12-6-13-32(31)36)22-40-16-17-41-27(3)43)9-5-10-29(25)30-11-7-14-34(26(30)2)45-20-8-18-42-19-15-37(38,39)24-42/h5,7,9-11,14,21,40H,6,8,12-13,15-20,22-24H2,1-4H3,(H,41,43). The van der Waals surface area contributed by atoms with Gasteiger partial charge in [0.2, 0.25) is 5.91 Å². The van der Waals surface area contributed by atoms with Crippen molar-refractivity contribution in [2.24, 2.45) is 0 Å². The molecule has 1 aliphatic carbocycles. The number of nitrogens with one attached hydrogen (secondary N) is 2. The van der Waals surface area contributed by atoms with Gasteiger partial charge >= 0.3 is 0 Å². The molecule has 2 aliphatic rings. The molecule has 0 radical (unpaired) electrons. The highest BCUT2D eigenvalue weighted by Gasteiger charge is 2.37. The van der Waals surface area contributed by atoms with Crippen molar-refractivity contribution < 1.29 is 27.8 Å². The Kier molecular flexibility index (Phi) is 11.2. The van der Waals surface area contributed by atoms with E-state index in [-0.39, 0.29) is 18.9 Å². The zero-order valence-corrected chi connectivity index (χ0v) is 27.6. The molecule has 0 saturated carbocycles. The Hall–Kier alpha value is -3.69. The van der Waals surface area contributed by atoms with Crippen LogP contribution < -0.4 is 24.8 Å². The molecule has 2 N–H and O–H groups in total. The Morgan fingerprint density at radius 3 is 2.46 bits per heavy atom. The van der Waals surface area contributed by atoms with Crippen LogP contribution in [0.15, 0.2) is 42.5 Å². The summed E-state index contributed by atoms with van der Waals surface area (Å²) < 4.78 is 45.5. The van der Waals surface area contributed by atoms with E-state index in [9.17, 15) is 13.6 Å². The summed E-state index contributed by atoms with van der Waals surface area (Å²) in [6.07, 6.45) is 3.70. The van der Waals surface area contributed by atoms with Crippen molar-refractivity contribution in [2.45, 2.75) is 71.9 Å². The first-order valence-corrected chi connectivity index (χ1v) is 16.4. The van der Waals surface area contributed by atoms with E-state index in [2.05, 4.69) is 48.7 Å². The van der Waals surface area contributed by atoms with Crippen LogP contribution in [-0.4, -0.2) is 63.2 Å². The van der Waals surface area contributed by atoms with Gasteiger partial charge in [-0.15, -0.1) is 0 Å². The first-order valence-electron chi connectivity index (χ1n) is 16.4. The Labute approximate surface area is 271 Å². The van der Waals surface area contributed by atoms with Gasteiger partial charge in [0, 0.05) is 57.7 Å². The molecule has 3 aromatic rings. The van der Waals surface area contributed by atoms with E-state index in [0.29, 0.717) is 52.4 Å². The zero-order chi connectivity index (χ0) is 32.7. The Morgan fingerprint density at radius 1 is 0.957 bits per heavy atom. The highest BCUT2D eigenvalue weighted by atomic mass is 19.3. The van der Waals surface area contributed by atoms with E-state index < -0.39 is 5.92 Å². The van der Waals surface area contributed by atoms with Crippen molar-refractivity contribution in [3.63, 3.8) is 0 Å². The number of carbonyl (C=O) groups excluding carboxylic acids is 1. The molecule has 5 rings (SSSR count). The van der Waals surface area contributed by atoms with Crippen LogP contribution in [-0.2, 0) is 30.8 Å². The van der Waals surface area contributed by atoms with Crippen molar-refractivity contribution in [1.82, 2.24) is 15.5 Å². The van der Waals surface area contributed by atoms with Gasteiger partial charge in [-0.3, -0.25) is 9.69 Å². The maximum Gasteiger partial charge on any atom is 0.261 e. The monoisotopic (exact) mass is 635 g/mol. The number of hydrogen-bond donors (Lipinski definition) is 2. The van der Waals surface area contributed by atoms with Crippen LogP contribution in [0.1, 0.15) is 59.6 Å². The van der Waals surface area contributed by atoms with Crippen molar-refractivity contribution in [3.05, 3.63) is 75.8 Å². The van der Waals surface area contributed by atoms with E-state index in [0.717, 1.165) is 64.3 Å². The minimum Gasteiger partial charge on any atom is -0.496 e. The van der Waals surface area contributed by atoms with Gasteiger partial charge in [0.25, 0.3) is 5.92 Å². The largest absolute Gasteiger partial charge is 0.496 e. The quantitative estimate of drug-likeness (QED) is 0.189. The van der Waals surface area contributed by atoms with Gasteiger partial charge in [-0.2, -0.15) is 0 Å². The van der Waals surface area contributed by atoms with Gasteiger partial charge in [0.05, 0.1) is 20.3 Å². The van der Waals surface area contributed by atoms with Gasteiger partial charge in [-0.1, -0.05) is 30.3 Å². The van der Waals surface area contributed by atoms with E-state index in [1.807, 2.05) is 23.1 Å². The third-order valence-corrected chi connectivity index (χ3v) is 9.16. The number of benzene rings is 3. The number of rotatable bonds is 15. The molecule has 0 atom stereocenters. The maximum absolute atomic E-state index is 13.5. The van der Waals surface area contributed by atoms with Gasteiger partial charge in [0.15, 0.2) is 0 Å². The molecule has 46 heavy (non-hydrogen) atoms. The fourth-order valence-electron chi connectivity index (χ4n) is 6.65. The molecule has 1 aliphatic heterocycles. The maximum atomic E-state index is 13.5. The molecule has 0 spiro atoms. The lowest BCUT2D eigenvalue weighted by molar-refractivity contribution is -0.118. The van der Waals surface area contributed by atoms with Gasteiger partial charge in [-0.25, -0.2) is 8.78 Å². The number of amides is 1. The summed E-state index contributed by atoms with van der Waals surface area (Å²) in [4.78, 5) is 13.0. The Balaban J connectivity index is 1.25. The number of ether oxygens (including phenoxy) is 3. The lowest BCUT2D eigenvalue weighted by Crippen LogP contribution is -2.30. The fourth-order valence-corrected chi connectivity index (χ4v) is 6.65. The number of carbonyl (C=O) groups is 1. The summed E-state index contributed by atoms with van der Waals surface area (Å²) in [6, 6.07) is 14.4. The number of alkyl halides is 2. The minimum atomic E-state index is -2.56. The predicted molar refractivity (Wildman–Crippen MR) is 177 cm³/mol. The number of hydrogen-bond acceptors (Lipinski definition) is 6. The van der Waals surface area contributed by atoms with Crippen molar-refractivity contribution in [3.8, 4) is 28.4 Å². The molecule has 1 saturated heterocycles. The molecule has 0 aromatic heterocycles. The Bertz CT molecular complexity index is 1530. The Morgan fingerprint density at radius 2 is 1.72 bits per heavy atom. The van der Waals surface area contributed by atoms with E-state index in [1.165, 1.54) is 23.6 Å². The summed E-state index contributed by atoms with van der Waals surface area (Å²) >= 11 is 0. The first kappa shape index (κ1) is 33.7. The molecule has 0 bridgehead atoms. The molecule has 1 fully saturated rings. The third kappa shape index (κ3) is 8.17. The molecule has 248 valence electrons. The number of fused-ring (bicyclic) bond motifs is 1. The van der Waals surface area contributed by atoms with Crippen LogP contribution in [0, 0.1) is 13.8 Å². The summed E-state index contributed by atoms with van der Waals surface area (Å²) in [7, 11) is 1.70. The van der Waals surface area contributed by atoms with E-state index >= 15 is 0 Å². The molecule has 1 amide bonds. The molecule has 1 heterocycles. The molecule has 0 unspecified atom stereocenters. The summed E-state index contributed by atoms with van der Waals surface area (Å²) in [5.41, 5.74) is 9.28. The average molecular weight is 636 g/mol. The molecular formula is C37H47F2N3O4. The first-order chi connectivity index (χ1) is 22.2. The lowest BCUT2D eigenvalue weighted by atomic mass is 9.93. The summed E-state index contributed by atoms with van der Waals surface area (Å²) in [5.74, 6) is -0.0780. The second-order valence-electron chi connectivity index (χ2n) is 12.4. The van der Waals surface area contributed by atoms with Crippen molar-refractivity contribution in [2.75, 3.05) is 46.4 Å². The second-order valence-corrected chi connectivity index (χ2v) is 12.4. The van der Waals surface area contributed by atoms with Crippen LogP contribution in [0.2, 0.25) is 0 Å². The minimum absolute atomic E-state index is 0.0287. The van der Waals surface area contributed by atoms with Crippen LogP contribution in [0.4, 0.5) is 8.78 Å². The van der Waals surface area contributed by atoms with Crippen molar-refractivity contribution >= 4 is 5.91 Å². The smallest absolute Gasteiger partial charge is 0.261 e. The number of halogens is 2. The molecule has 7 nitrogen and oxygen atoms in total. The fraction of sp³-hybridized carbons (Fsp3) is 0.486. The number of likely N-dealkylation sites (tertiary alicyclic amines) is 1. The normalized spacial score (nSPS) is 15.5. The molecule has 9 heteroatoms. The SMILES string of the molecule is COc1cc(OCc2cccc(-c3cccc(OCCCN4CCC(F)(F)C4)c3C)c2C)c2c(c1CNCCNC(C)=O)CCC2. The highest BCUT2D eigenvalue weighted by Crippen LogP contribution is 2.40. The van der Waals surface area contributed by atoms with Gasteiger partial charge in [0.1, 0.15) is 23.9 Å². The number of nitrogens with zero attached hydrogens (tertiary/aromatic N) is 1. The molecular weight excluding hydrogens is 588 g/mol. The van der Waals surface area contributed by atoms with Crippen LogP contribution in [0.25, 0.3) is 11.1 Å². The topological polar surface area (TPSA) is 72.1 Å². The summed E-state index contributed by atoms with van der Waals surface area (Å²) in [6.45, 7) is 9.50.